The summed E-state index contributed by atoms with van der Waals surface area (Å²) in [6, 6.07) is 13.2. The van der Waals surface area contributed by atoms with Crippen molar-refractivity contribution in [2.24, 2.45) is 0 Å². The predicted octanol–water partition coefficient (Wildman–Crippen LogP) is 4.09. The summed E-state index contributed by atoms with van der Waals surface area (Å²) in [4.78, 5) is 16.6. The number of benzene rings is 2. The highest BCUT2D eigenvalue weighted by atomic mass is 35.5. The van der Waals surface area contributed by atoms with E-state index >= 15 is 0 Å². The van der Waals surface area contributed by atoms with Crippen LogP contribution in [0.2, 0.25) is 15.1 Å². The van der Waals surface area contributed by atoms with E-state index in [1.807, 2.05) is 42.5 Å². The van der Waals surface area contributed by atoms with Crippen LogP contribution < -0.4 is 10.2 Å². The molecule has 138 valence electrons. The lowest BCUT2D eigenvalue weighted by molar-refractivity contribution is -0.122. The monoisotopic (exact) mass is 411 g/mol. The van der Waals surface area contributed by atoms with Gasteiger partial charge in [-0.05, 0) is 35.9 Å². The molecule has 0 saturated carbocycles. The zero-order chi connectivity index (χ0) is 18.5. The van der Waals surface area contributed by atoms with Gasteiger partial charge in [-0.1, -0.05) is 46.9 Å². The molecule has 3 rings (SSSR count). The molecule has 2 aromatic rings. The van der Waals surface area contributed by atoms with Gasteiger partial charge in [0.15, 0.2) is 0 Å². The average Bonchev–Trinajstić information content (AvgIpc) is 2.64. The predicted molar refractivity (Wildman–Crippen MR) is 108 cm³/mol. The highest BCUT2D eigenvalue weighted by Gasteiger charge is 2.19. The summed E-state index contributed by atoms with van der Waals surface area (Å²) in [6.45, 7) is 4.27. The van der Waals surface area contributed by atoms with Crippen LogP contribution in [0, 0.1) is 0 Å². The van der Waals surface area contributed by atoms with Crippen LogP contribution in [0.3, 0.4) is 0 Å². The molecule has 7 heteroatoms. The van der Waals surface area contributed by atoms with E-state index in [2.05, 4.69) is 15.1 Å². The fourth-order valence-corrected chi connectivity index (χ4v) is 3.33. The minimum absolute atomic E-state index is 0.0305. The molecule has 2 aromatic carbocycles. The summed E-state index contributed by atoms with van der Waals surface area (Å²) in [5.74, 6) is 0.0305. The van der Waals surface area contributed by atoms with Gasteiger partial charge in [-0.25, -0.2) is 0 Å². The Hall–Kier alpha value is -1.46. The number of amides is 1. The Balaban J connectivity index is 1.43. The second-order valence-electron chi connectivity index (χ2n) is 6.26. The van der Waals surface area contributed by atoms with E-state index in [0.717, 1.165) is 37.4 Å². The van der Waals surface area contributed by atoms with Crippen molar-refractivity contribution < 1.29 is 4.79 Å². The minimum Gasteiger partial charge on any atom is -0.369 e. The van der Waals surface area contributed by atoms with Gasteiger partial charge < -0.3 is 10.2 Å². The SMILES string of the molecule is O=C(CN1CCN(c2ccc(Cl)c(Cl)c2)CC1)NCc1ccc(Cl)cc1. The third-order valence-electron chi connectivity index (χ3n) is 4.41. The van der Waals surface area contributed by atoms with E-state index in [4.69, 9.17) is 34.8 Å². The third-order valence-corrected chi connectivity index (χ3v) is 5.40. The molecule has 1 aliphatic heterocycles. The van der Waals surface area contributed by atoms with Gasteiger partial charge in [0.1, 0.15) is 0 Å². The zero-order valence-corrected chi connectivity index (χ0v) is 16.5. The van der Waals surface area contributed by atoms with Gasteiger partial charge in [-0.2, -0.15) is 0 Å². The van der Waals surface area contributed by atoms with Gasteiger partial charge >= 0.3 is 0 Å². The highest BCUT2D eigenvalue weighted by Crippen LogP contribution is 2.27. The van der Waals surface area contributed by atoms with Crippen LogP contribution >= 0.6 is 34.8 Å². The van der Waals surface area contributed by atoms with Gasteiger partial charge in [-0.15, -0.1) is 0 Å². The number of rotatable bonds is 5. The van der Waals surface area contributed by atoms with Crippen molar-refractivity contribution in [1.82, 2.24) is 10.2 Å². The fourth-order valence-electron chi connectivity index (χ4n) is 2.91. The van der Waals surface area contributed by atoms with Gasteiger partial charge in [0, 0.05) is 43.4 Å². The zero-order valence-electron chi connectivity index (χ0n) is 14.2. The first-order valence-electron chi connectivity index (χ1n) is 8.45. The maximum absolute atomic E-state index is 12.2. The van der Waals surface area contributed by atoms with Gasteiger partial charge in [0.25, 0.3) is 0 Å². The van der Waals surface area contributed by atoms with E-state index in [1.165, 1.54) is 0 Å². The number of anilines is 1. The molecule has 4 nitrogen and oxygen atoms in total. The van der Waals surface area contributed by atoms with Crippen LogP contribution in [-0.2, 0) is 11.3 Å². The van der Waals surface area contributed by atoms with Crippen molar-refractivity contribution in [3.05, 3.63) is 63.1 Å². The smallest absolute Gasteiger partial charge is 0.234 e. The molecular formula is C19H20Cl3N3O. The summed E-state index contributed by atoms with van der Waals surface area (Å²) in [5, 5.41) is 4.77. The quantitative estimate of drug-likeness (QED) is 0.803. The van der Waals surface area contributed by atoms with Crippen LogP contribution in [0.4, 0.5) is 5.69 Å². The van der Waals surface area contributed by atoms with Crippen molar-refractivity contribution in [1.29, 1.82) is 0 Å². The van der Waals surface area contributed by atoms with Crippen molar-refractivity contribution in [2.45, 2.75) is 6.54 Å². The highest BCUT2D eigenvalue weighted by molar-refractivity contribution is 6.42. The largest absolute Gasteiger partial charge is 0.369 e. The number of piperazine rings is 1. The number of nitrogens with zero attached hydrogens (tertiary/aromatic N) is 2. The number of hydrogen-bond donors (Lipinski definition) is 1. The van der Waals surface area contributed by atoms with Crippen LogP contribution in [0.25, 0.3) is 0 Å². The maximum Gasteiger partial charge on any atom is 0.234 e. The summed E-state index contributed by atoms with van der Waals surface area (Å²) in [6.07, 6.45) is 0. The number of nitrogens with one attached hydrogen (secondary N) is 1. The topological polar surface area (TPSA) is 35.6 Å². The van der Waals surface area contributed by atoms with Crippen molar-refractivity contribution in [2.75, 3.05) is 37.6 Å². The molecule has 0 aromatic heterocycles. The summed E-state index contributed by atoms with van der Waals surface area (Å²) >= 11 is 17.9. The summed E-state index contributed by atoms with van der Waals surface area (Å²) in [7, 11) is 0. The van der Waals surface area contributed by atoms with E-state index in [9.17, 15) is 4.79 Å². The minimum atomic E-state index is 0.0305. The normalized spacial score (nSPS) is 15.1. The standard InChI is InChI=1S/C19H20Cl3N3O/c20-15-3-1-14(2-4-15)12-23-19(26)13-24-7-9-25(10-8-24)16-5-6-17(21)18(22)11-16/h1-6,11H,7-10,12-13H2,(H,23,26). The number of carbonyl (C=O) groups is 1. The Bertz CT molecular complexity index is 759. The van der Waals surface area contributed by atoms with Crippen LogP contribution in [0.15, 0.2) is 42.5 Å². The van der Waals surface area contributed by atoms with Crippen LogP contribution in [-0.4, -0.2) is 43.5 Å². The Morgan fingerprint density at radius 1 is 0.923 bits per heavy atom. The Kier molecular flexibility index (Phi) is 6.65. The maximum atomic E-state index is 12.2. The van der Waals surface area contributed by atoms with E-state index < -0.39 is 0 Å². The number of hydrogen-bond acceptors (Lipinski definition) is 3. The lowest BCUT2D eigenvalue weighted by Crippen LogP contribution is -2.49. The molecule has 1 saturated heterocycles. The molecule has 26 heavy (non-hydrogen) atoms. The van der Waals surface area contributed by atoms with Crippen molar-refractivity contribution >= 4 is 46.4 Å². The molecule has 1 amide bonds. The fraction of sp³-hybridized carbons (Fsp3) is 0.316. The van der Waals surface area contributed by atoms with Crippen LogP contribution in [0.5, 0.6) is 0 Å². The summed E-state index contributed by atoms with van der Waals surface area (Å²) < 4.78 is 0. The molecule has 1 aliphatic rings. The Morgan fingerprint density at radius 3 is 2.27 bits per heavy atom. The number of carbonyl (C=O) groups excluding carboxylic acids is 1. The molecular weight excluding hydrogens is 393 g/mol. The third kappa shape index (κ3) is 5.27. The Labute approximate surface area is 168 Å². The molecule has 0 spiro atoms. The summed E-state index contributed by atoms with van der Waals surface area (Å²) in [5.41, 5.74) is 2.10. The Morgan fingerprint density at radius 2 is 1.62 bits per heavy atom. The van der Waals surface area contributed by atoms with Gasteiger partial charge in [-0.3, -0.25) is 9.69 Å². The lowest BCUT2D eigenvalue weighted by atomic mass is 10.2. The molecule has 0 bridgehead atoms. The molecule has 1 N–H and O–H groups in total. The van der Waals surface area contributed by atoms with Gasteiger partial charge in [0.2, 0.25) is 5.91 Å². The second-order valence-corrected chi connectivity index (χ2v) is 7.52. The molecule has 1 heterocycles. The van der Waals surface area contributed by atoms with E-state index in [1.54, 1.807) is 0 Å². The van der Waals surface area contributed by atoms with Gasteiger partial charge in [0.05, 0.1) is 16.6 Å². The first-order valence-corrected chi connectivity index (χ1v) is 9.58. The average molecular weight is 413 g/mol. The van der Waals surface area contributed by atoms with E-state index in [-0.39, 0.29) is 5.91 Å². The van der Waals surface area contributed by atoms with Crippen LogP contribution in [0.1, 0.15) is 5.56 Å². The first kappa shape index (κ1) is 19.3. The van der Waals surface area contributed by atoms with E-state index in [0.29, 0.717) is 28.2 Å². The lowest BCUT2D eigenvalue weighted by Gasteiger charge is -2.35. The molecule has 0 aliphatic carbocycles. The molecule has 1 fully saturated rings. The number of halogens is 3. The first-order chi connectivity index (χ1) is 12.5. The molecule has 0 radical (unpaired) electrons. The second kappa shape index (κ2) is 8.96. The van der Waals surface area contributed by atoms with Crippen molar-refractivity contribution in [3.8, 4) is 0 Å². The van der Waals surface area contributed by atoms with Crippen molar-refractivity contribution in [3.63, 3.8) is 0 Å². The molecule has 0 unspecified atom stereocenters. The molecule has 0 atom stereocenters.